The molecule has 4 nitrogen and oxygen atoms in total. The molecule has 1 N–H and O–H groups in total. The van der Waals surface area contributed by atoms with E-state index in [4.69, 9.17) is 0 Å². The summed E-state index contributed by atoms with van der Waals surface area (Å²) in [6, 6.07) is 6.02. The lowest BCUT2D eigenvalue weighted by Crippen LogP contribution is -2.37. The minimum absolute atomic E-state index is 0.0181. The van der Waals surface area contributed by atoms with E-state index in [1.807, 2.05) is 12.1 Å². The highest BCUT2D eigenvalue weighted by atomic mass is 16.2. The van der Waals surface area contributed by atoms with E-state index >= 15 is 0 Å². The molecular weight excluding hydrogens is 252 g/mol. The molecule has 1 fully saturated rings. The summed E-state index contributed by atoms with van der Waals surface area (Å²) >= 11 is 0. The third-order valence-corrected chi connectivity index (χ3v) is 4.14. The Morgan fingerprint density at radius 2 is 1.90 bits per heavy atom. The van der Waals surface area contributed by atoms with Gasteiger partial charge in [-0.1, -0.05) is 6.07 Å². The van der Waals surface area contributed by atoms with Gasteiger partial charge in [0.05, 0.1) is 6.54 Å². The second kappa shape index (κ2) is 5.65. The fourth-order valence-electron chi connectivity index (χ4n) is 3.03. The van der Waals surface area contributed by atoms with E-state index in [9.17, 15) is 9.59 Å². The van der Waals surface area contributed by atoms with Crippen molar-refractivity contribution in [2.24, 2.45) is 0 Å². The number of aryl methyl sites for hydroxylation is 2. The van der Waals surface area contributed by atoms with Gasteiger partial charge in [-0.05, 0) is 55.4 Å². The quantitative estimate of drug-likeness (QED) is 0.843. The third kappa shape index (κ3) is 2.69. The summed E-state index contributed by atoms with van der Waals surface area (Å²) in [5.41, 5.74) is 3.41. The highest BCUT2D eigenvalue weighted by Gasteiger charge is 2.22. The predicted octanol–water partition coefficient (Wildman–Crippen LogP) is 1.53. The maximum absolute atomic E-state index is 12.5. The molecule has 3 rings (SSSR count). The predicted molar refractivity (Wildman–Crippen MR) is 76.6 cm³/mol. The molecule has 106 valence electrons. The lowest BCUT2D eigenvalue weighted by molar-refractivity contribution is -0.121. The van der Waals surface area contributed by atoms with Crippen molar-refractivity contribution in [3.63, 3.8) is 0 Å². The standard InChI is InChI=1S/C16H20N2O2/c19-15-11-18(9-3-8-17-15)16(20)14-7-6-12-4-1-2-5-13(12)10-14/h6-7,10H,1-5,8-9,11H2,(H,17,19). The van der Waals surface area contributed by atoms with Crippen LogP contribution in [0.5, 0.6) is 0 Å². The van der Waals surface area contributed by atoms with Gasteiger partial charge in [0.15, 0.2) is 0 Å². The maximum Gasteiger partial charge on any atom is 0.254 e. The summed E-state index contributed by atoms with van der Waals surface area (Å²) < 4.78 is 0. The second-order valence-electron chi connectivity index (χ2n) is 5.62. The van der Waals surface area contributed by atoms with E-state index in [2.05, 4.69) is 11.4 Å². The molecule has 1 saturated heterocycles. The van der Waals surface area contributed by atoms with E-state index in [1.54, 1.807) is 4.90 Å². The Labute approximate surface area is 119 Å². The van der Waals surface area contributed by atoms with Gasteiger partial charge in [-0.25, -0.2) is 0 Å². The summed E-state index contributed by atoms with van der Waals surface area (Å²) in [7, 11) is 0. The zero-order valence-electron chi connectivity index (χ0n) is 11.7. The number of carbonyl (C=O) groups is 2. The molecule has 1 aromatic rings. The highest BCUT2D eigenvalue weighted by Crippen LogP contribution is 2.23. The van der Waals surface area contributed by atoms with Crippen LogP contribution < -0.4 is 5.32 Å². The van der Waals surface area contributed by atoms with Crippen molar-refractivity contribution in [3.8, 4) is 0 Å². The van der Waals surface area contributed by atoms with Gasteiger partial charge in [0.2, 0.25) is 5.91 Å². The van der Waals surface area contributed by atoms with Crippen LogP contribution in [0.3, 0.4) is 0 Å². The molecule has 4 heteroatoms. The number of hydrogen-bond donors (Lipinski definition) is 1. The van der Waals surface area contributed by atoms with Gasteiger partial charge >= 0.3 is 0 Å². The smallest absolute Gasteiger partial charge is 0.254 e. The molecule has 2 aliphatic rings. The number of fused-ring (bicyclic) bond motifs is 1. The Morgan fingerprint density at radius 1 is 1.10 bits per heavy atom. The molecule has 1 aliphatic carbocycles. The lowest BCUT2D eigenvalue weighted by atomic mass is 9.90. The summed E-state index contributed by atoms with van der Waals surface area (Å²) in [6.07, 6.45) is 5.46. The number of hydrogen-bond acceptors (Lipinski definition) is 2. The zero-order chi connectivity index (χ0) is 13.9. The molecular formula is C16H20N2O2. The van der Waals surface area contributed by atoms with Crippen molar-refractivity contribution in [1.82, 2.24) is 10.2 Å². The first-order chi connectivity index (χ1) is 9.74. The Balaban J connectivity index is 1.80. The molecule has 0 spiro atoms. The van der Waals surface area contributed by atoms with Gasteiger partial charge in [0, 0.05) is 18.7 Å². The van der Waals surface area contributed by atoms with Crippen LogP contribution in [0, 0.1) is 0 Å². The lowest BCUT2D eigenvalue weighted by Gasteiger charge is -2.21. The molecule has 1 aliphatic heterocycles. The molecule has 0 saturated carbocycles. The van der Waals surface area contributed by atoms with Crippen molar-refractivity contribution in [2.45, 2.75) is 32.1 Å². The first-order valence-corrected chi connectivity index (χ1v) is 7.42. The molecule has 0 radical (unpaired) electrons. The monoisotopic (exact) mass is 272 g/mol. The number of rotatable bonds is 1. The van der Waals surface area contributed by atoms with E-state index < -0.39 is 0 Å². The Hall–Kier alpha value is -1.84. The van der Waals surface area contributed by atoms with E-state index in [0.29, 0.717) is 13.1 Å². The Morgan fingerprint density at radius 3 is 2.75 bits per heavy atom. The molecule has 0 atom stereocenters. The summed E-state index contributed by atoms with van der Waals surface area (Å²) in [6.45, 7) is 1.48. The topological polar surface area (TPSA) is 49.4 Å². The van der Waals surface area contributed by atoms with Crippen molar-refractivity contribution in [3.05, 3.63) is 34.9 Å². The van der Waals surface area contributed by atoms with Crippen LogP contribution in [-0.2, 0) is 17.6 Å². The van der Waals surface area contributed by atoms with Crippen LogP contribution >= 0.6 is 0 Å². The van der Waals surface area contributed by atoms with Crippen LogP contribution in [-0.4, -0.2) is 36.3 Å². The van der Waals surface area contributed by atoms with Gasteiger partial charge in [-0.15, -0.1) is 0 Å². The minimum Gasteiger partial charge on any atom is -0.354 e. The Kier molecular flexibility index (Phi) is 3.72. The SMILES string of the molecule is O=C1CN(C(=O)c2ccc3c(c2)CCCC3)CCCN1. The Bertz CT molecular complexity index is 539. The normalized spacial score (nSPS) is 19.0. The van der Waals surface area contributed by atoms with Crippen LogP contribution in [0.15, 0.2) is 18.2 Å². The third-order valence-electron chi connectivity index (χ3n) is 4.14. The number of nitrogens with one attached hydrogen (secondary N) is 1. The minimum atomic E-state index is -0.0613. The second-order valence-corrected chi connectivity index (χ2v) is 5.62. The maximum atomic E-state index is 12.5. The van der Waals surface area contributed by atoms with E-state index in [1.165, 1.54) is 24.0 Å². The van der Waals surface area contributed by atoms with E-state index in [0.717, 1.165) is 24.8 Å². The average molecular weight is 272 g/mol. The van der Waals surface area contributed by atoms with Crippen molar-refractivity contribution < 1.29 is 9.59 Å². The van der Waals surface area contributed by atoms with Crippen LogP contribution in [0.1, 0.15) is 40.7 Å². The molecule has 2 amide bonds. The van der Waals surface area contributed by atoms with Crippen LogP contribution in [0.2, 0.25) is 0 Å². The number of benzene rings is 1. The fraction of sp³-hybridized carbons (Fsp3) is 0.500. The molecule has 0 unspecified atom stereocenters. The van der Waals surface area contributed by atoms with Crippen molar-refractivity contribution in [1.29, 1.82) is 0 Å². The van der Waals surface area contributed by atoms with Crippen LogP contribution in [0.4, 0.5) is 0 Å². The summed E-state index contributed by atoms with van der Waals surface area (Å²) in [5, 5.41) is 2.80. The van der Waals surface area contributed by atoms with Gasteiger partial charge in [0.25, 0.3) is 5.91 Å². The number of nitrogens with zero attached hydrogens (tertiary/aromatic N) is 1. The van der Waals surface area contributed by atoms with Gasteiger partial charge in [-0.2, -0.15) is 0 Å². The zero-order valence-corrected chi connectivity index (χ0v) is 11.7. The van der Waals surface area contributed by atoms with Gasteiger partial charge < -0.3 is 10.2 Å². The number of carbonyl (C=O) groups excluding carboxylic acids is 2. The molecule has 1 aromatic carbocycles. The molecule has 1 heterocycles. The van der Waals surface area contributed by atoms with Gasteiger partial charge in [-0.3, -0.25) is 9.59 Å². The molecule has 0 aromatic heterocycles. The van der Waals surface area contributed by atoms with Crippen molar-refractivity contribution in [2.75, 3.05) is 19.6 Å². The molecule has 0 bridgehead atoms. The molecule has 20 heavy (non-hydrogen) atoms. The van der Waals surface area contributed by atoms with E-state index in [-0.39, 0.29) is 18.4 Å². The number of amides is 2. The first-order valence-electron chi connectivity index (χ1n) is 7.42. The highest BCUT2D eigenvalue weighted by molar-refractivity contribution is 5.97. The van der Waals surface area contributed by atoms with Crippen LogP contribution in [0.25, 0.3) is 0 Å². The van der Waals surface area contributed by atoms with Gasteiger partial charge in [0.1, 0.15) is 0 Å². The first kappa shape index (κ1) is 13.2. The largest absolute Gasteiger partial charge is 0.354 e. The van der Waals surface area contributed by atoms with Crippen molar-refractivity contribution >= 4 is 11.8 Å². The average Bonchev–Trinajstić information content (AvgIpc) is 2.70. The fourth-order valence-corrected chi connectivity index (χ4v) is 3.03. The summed E-state index contributed by atoms with van der Waals surface area (Å²) in [4.78, 5) is 25.7. The summed E-state index contributed by atoms with van der Waals surface area (Å²) in [5.74, 6) is -0.0794.